The quantitative estimate of drug-likeness (QED) is 0.625. The summed E-state index contributed by atoms with van der Waals surface area (Å²) in [6.45, 7) is 1.96. The van der Waals surface area contributed by atoms with Gasteiger partial charge in [-0.15, -0.1) is 0 Å². The summed E-state index contributed by atoms with van der Waals surface area (Å²) in [5.74, 6) is 0.873. The van der Waals surface area contributed by atoms with E-state index in [0.29, 0.717) is 11.4 Å². The lowest BCUT2D eigenvalue weighted by Gasteiger charge is -2.00. The van der Waals surface area contributed by atoms with Gasteiger partial charge in [0.25, 0.3) is 0 Å². The summed E-state index contributed by atoms with van der Waals surface area (Å²) >= 11 is 0. The van der Waals surface area contributed by atoms with Gasteiger partial charge in [-0.05, 0) is 31.2 Å². The molecular weight excluding hydrogens is 214 g/mol. The number of hydrogen-bond acceptors (Lipinski definition) is 4. The molecule has 0 saturated carbocycles. The molecule has 0 saturated heterocycles. The van der Waals surface area contributed by atoms with E-state index < -0.39 is 0 Å². The molecule has 0 aliphatic heterocycles. The van der Waals surface area contributed by atoms with Crippen LogP contribution in [0.4, 0.5) is 5.82 Å². The van der Waals surface area contributed by atoms with Gasteiger partial charge in [-0.25, -0.2) is 4.98 Å². The van der Waals surface area contributed by atoms with Gasteiger partial charge in [0.05, 0.1) is 6.21 Å². The number of aromatic nitrogens is 1. The van der Waals surface area contributed by atoms with E-state index in [1.807, 2.05) is 37.3 Å². The molecule has 2 aromatic rings. The molecule has 0 atom stereocenters. The number of phenolic OH excluding ortho intramolecular Hbond substituents is 1. The Morgan fingerprint density at radius 1 is 1.29 bits per heavy atom. The van der Waals surface area contributed by atoms with Crippen LogP contribution in [0.5, 0.6) is 5.75 Å². The molecule has 0 unspecified atom stereocenters. The number of anilines is 1. The van der Waals surface area contributed by atoms with Gasteiger partial charge in [0.2, 0.25) is 0 Å². The number of hydrogen-bond donors (Lipinski definition) is 2. The molecule has 0 spiro atoms. The van der Waals surface area contributed by atoms with E-state index in [-0.39, 0.29) is 5.75 Å². The second-order valence-electron chi connectivity index (χ2n) is 3.65. The molecule has 17 heavy (non-hydrogen) atoms. The maximum absolute atomic E-state index is 9.60. The molecule has 0 aliphatic rings. The Balaban J connectivity index is 2.08. The van der Waals surface area contributed by atoms with Crippen molar-refractivity contribution in [1.82, 2.24) is 4.98 Å². The van der Waals surface area contributed by atoms with Crippen LogP contribution < -0.4 is 5.43 Å². The summed E-state index contributed by atoms with van der Waals surface area (Å²) in [4.78, 5) is 4.06. The Kier molecular flexibility index (Phi) is 3.35. The zero-order valence-electron chi connectivity index (χ0n) is 9.46. The monoisotopic (exact) mass is 227 g/mol. The fourth-order valence-corrected chi connectivity index (χ4v) is 1.37. The largest absolute Gasteiger partial charge is 0.507 e. The minimum atomic E-state index is 0.210. The number of phenols is 1. The molecule has 1 aromatic carbocycles. The van der Waals surface area contributed by atoms with Crippen LogP contribution in [0.1, 0.15) is 11.1 Å². The first-order valence-electron chi connectivity index (χ1n) is 5.25. The smallest absolute Gasteiger partial charge is 0.146 e. The van der Waals surface area contributed by atoms with Gasteiger partial charge in [0, 0.05) is 11.8 Å². The van der Waals surface area contributed by atoms with Crippen LogP contribution >= 0.6 is 0 Å². The van der Waals surface area contributed by atoms with Crippen LogP contribution in [0.15, 0.2) is 47.7 Å². The van der Waals surface area contributed by atoms with E-state index >= 15 is 0 Å². The van der Waals surface area contributed by atoms with Crippen molar-refractivity contribution in [2.75, 3.05) is 5.43 Å². The van der Waals surface area contributed by atoms with Crippen molar-refractivity contribution in [3.05, 3.63) is 53.7 Å². The molecular formula is C13H13N3O. The number of nitrogens with zero attached hydrogens (tertiary/aromatic N) is 2. The molecule has 1 aromatic heterocycles. The van der Waals surface area contributed by atoms with E-state index in [2.05, 4.69) is 15.5 Å². The lowest BCUT2D eigenvalue weighted by atomic mass is 10.1. The highest BCUT2D eigenvalue weighted by Gasteiger charge is 1.97. The summed E-state index contributed by atoms with van der Waals surface area (Å²) in [7, 11) is 0. The first kappa shape index (κ1) is 11.1. The number of pyridine rings is 1. The molecule has 0 aliphatic carbocycles. The molecule has 0 bridgehead atoms. The number of nitrogens with one attached hydrogen (secondary N) is 1. The number of hydrazone groups is 1. The summed E-state index contributed by atoms with van der Waals surface area (Å²) in [6, 6.07) is 10.9. The summed E-state index contributed by atoms with van der Waals surface area (Å²) < 4.78 is 0. The molecule has 2 rings (SSSR count). The number of aromatic hydroxyl groups is 1. The average molecular weight is 227 g/mol. The van der Waals surface area contributed by atoms with Gasteiger partial charge >= 0.3 is 0 Å². The van der Waals surface area contributed by atoms with Crippen molar-refractivity contribution < 1.29 is 5.11 Å². The minimum Gasteiger partial charge on any atom is -0.507 e. The Bertz CT molecular complexity index is 523. The fraction of sp³-hybridized carbons (Fsp3) is 0.0769. The van der Waals surface area contributed by atoms with E-state index in [0.717, 1.165) is 5.56 Å². The number of benzene rings is 1. The lowest BCUT2D eigenvalue weighted by Crippen LogP contribution is -1.93. The summed E-state index contributed by atoms with van der Waals surface area (Å²) in [5, 5.41) is 13.6. The van der Waals surface area contributed by atoms with Crippen LogP contribution in [0.3, 0.4) is 0 Å². The van der Waals surface area contributed by atoms with Crippen LogP contribution in [0, 0.1) is 6.92 Å². The normalized spacial score (nSPS) is 10.6. The van der Waals surface area contributed by atoms with Crippen molar-refractivity contribution in [2.45, 2.75) is 6.92 Å². The molecule has 0 radical (unpaired) electrons. The second-order valence-corrected chi connectivity index (χ2v) is 3.65. The molecule has 0 fully saturated rings. The first-order chi connectivity index (χ1) is 8.25. The van der Waals surface area contributed by atoms with Gasteiger partial charge < -0.3 is 5.11 Å². The van der Waals surface area contributed by atoms with Crippen LogP contribution in [-0.4, -0.2) is 16.3 Å². The van der Waals surface area contributed by atoms with E-state index in [1.165, 1.54) is 0 Å². The van der Waals surface area contributed by atoms with Gasteiger partial charge in [0.1, 0.15) is 11.6 Å². The Morgan fingerprint density at radius 2 is 2.18 bits per heavy atom. The Hall–Kier alpha value is -2.36. The maximum atomic E-state index is 9.60. The second kappa shape index (κ2) is 5.12. The summed E-state index contributed by atoms with van der Waals surface area (Å²) in [5.41, 5.74) is 4.53. The van der Waals surface area contributed by atoms with E-state index in [9.17, 15) is 5.11 Å². The van der Waals surface area contributed by atoms with Crippen LogP contribution in [0.25, 0.3) is 0 Å². The van der Waals surface area contributed by atoms with Crippen LogP contribution in [-0.2, 0) is 0 Å². The standard InChI is InChI=1S/C13H13N3O/c1-10-5-6-12(17)11(8-10)9-15-16-13-4-2-3-7-14-13/h2-9,17H,1H3,(H,14,16). The highest BCUT2D eigenvalue weighted by molar-refractivity contribution is 5.84. The Labute approximate surface area is 99.6 Å². The average Bonchev–Trinajstić information content (AvgIpc) is 2.35. The number of rotatable bonds is 3. The van der Waals surface area contributed by atoms with E-state index in [1.54, 1.807) is 18.5 Å². The Morgan fingerprint density at radius 3 is 2.94 bits per heavy atom. The number of aryl methyl sites for hydroxylation is 1. The topological polar surface area (TPSA) is 57.5 Å². The predicted octanol–water partition coefficient (Wildman–Crippen LogP) is 2.54. The van der Waals surface area contributed by atoms with E-state index in [4.69, 9.17) is 0 Å². The lowest BCUT2D eigenvalue weighted by molar-refractivity contribution is 0.474. The third kappa shape index (κ3) is 3.04. The molecule has 4 nitrogen and oxygen atoms in total. The third-order valence-electron chi connectivity index (χ3n) is 2.23. The molecule has 2 N–H and O–H groups in total. The SMILES string of the molecule is Cc1ccc(O)c(C=NNc2ccccn2)c1. The van der Waals surface area contributed by atoms with Crippen LogP contribution in [0.2, 0.25) is 0 Å². The van der Waals surface area contributed by atoms with Gasteiger partial charge in [-0.1, -0.05) is 17.7 Å². The minimum absolute atomic E-state index is 0.210. The highest BCUT2D eigenvalue weighted by atomic mass is 16.3. The zero-order chi connectivity index (χ0) is 12.1. The van der Waals surface area contributed by atoms with Crippen molar-refractivity contribution >= 4 is 12.0 Å². The zero-order valence-corrected chi connectivity index (χ0v) is 9.46. The first-order valence-corrected chi connectivity index (χ1v) is 5.25. The van der Waals surface area contributed by atoms with Gasteiger partial charge in [-0.2, -0.15) is 5.10 Å². The maximum Gasteiger partial charge on any atom is 0.146 e. The molecule has 86 valence electrons. The molecule has 0 amide bonds. The summed E-state index contributed by atoms with van der Waals surface area (Å²) in [6.07, 6.45) is 3.25. The van der Waals surface area contributed by atoms with Crippen molar-refractivity contribution in [3.63, 3.8) is 0 Å². The molecule has 1 heterocycles. The van der Waals surface area contributed by atoms with Crippen molar-refractivity contribution in [2.24, 2.45) is 5.10 Å². The van der Waals surface area contributed by atoms with Gasteiger partial charge in [0.15, 0.2) is 0 Å². The highest BCUT2D eigenvalue weighted by Crippen LogP contribution is 2.15. The van der Waals surface area contributed by atoms with Crippen molar-refractivity contribution in [1.29, 1.82) is 0 Å². The third-order valence-corrected chi connectivity index (χ3v) is 2.23. The predicted molar refractivity (Wildman–Crippen MR) is 68.3 cm³/mol. The molecule has 4 heteroatoms. The van der Waals surface area contributed by atoms with Gasteiger partial charge in [-0.3, -0.25) is 5.43 Å². The fourth-order valence-electron chi connectivity index (χ4n) is 1.37. The van der Waals surface area contributed by atoms with Crippen molar-refractivity contribution in [3.8, 4) is 5.75 Å².